The highest BCUT2D eigenvalue weighted by Gasteiger charge is 2.45. The smallest absolute Gasteiger partial charge is 0.269 e. The summed E-state index contributed by atoms with van der Waals surface area (Å²) in [5.41, 5.74) is 2.98. The molecule has 1 atom stereocenters. The van der Waals surface area contributed by atoms with E-state index in [1.165, 1.54) is 0 Å². The zero-order chi connectivity index (χ0) is 25.3. The summed E-state index contributed by atoms with van der Waals surface area (Å²) in [6, 6.07) is 2.98. The number of rotatable bonds is 9. The summed E-state index contributed by atoms with van der Waals surface area (Å²) in [5.74, 6) is -3.51. The van der Waals surface area contributed by atoms with Crippen LogP contribution < -0.4 is 10.6 Å². The van der Waals surface area contributed by atoms with Gasteiger partial charge < -0.3 is 10.6 Å². The van der Waals surface area contributed by atoms with Crippen molar-refractivity contribution in [3.63, 3.8) is 0 Å². The number of halogens is 2. The number of amides is 2. The highest BCUT2D eigenvalue weighted by atomic mass is 19.3. The Balaban J connectivity index is 1.42. The number of hydrogen-bond acceptors (Lipinski definition) is 5. The summed E-state index contributed by atoms with van der Waals surface area (Å²) >= 11 is 0. The summed E-state index contributed by atoms with van der Waals surface area (Å²) in [4.78, 5) is 29.5. The van der Waals surface area contributed by atoms with Gasteiger partial charge in [-0.3, -0.25) is 14.3 Å². The van der Waals surface area contributed by atoms with E-state index in [2.05, 4.69) is 32.4 Å². The monoisotopic (exact) mass is 485 g/mol. The minimum absolute atomic E-state index is 0.0535. The molecule has 4 rings (SSSR count). The summed E-state index contributed by atoms with van der Waals surface area (Å²) < 4.78 is 29.4. The maximum atomic E-state index is 13.1. The van der Waals surface area contributed by atoms with Crippen LogP contribution in [0.5, 0.6) is 0 Å². The SMILES string of the molecule is C=C(C)C(NC(=O)CC1CC(F)(F)C1)c1cnn2cc(CNC(=O)c3ccnn3C(C)C)nc2c1. The Labute approximate surface area is 201 Å². The van der Waals surface area contributed by atoms with Gasteiger partial charge in [0.15, 0.2) is 5.65 Å². The van der Waals surface area contributed by atoms with E-state index in [1.54, 1.807) is 46.8 Å². The Morgan fingerprint density at radius 2 is 2.03 bits per heavy atom. The second-order valence-electron chi connectivity index (χ2n) is 9.44. The van der Waals surface area contributed by atoms with Crippen molar-refractivity contribution in [3.05, 3.63) is 59.8 Å². The van der Waals surface area contributed by atoms with Crippen molar-refractivity contribution in [1.82, 2.24) is 35.0 Å². The molecule has 1 saturated carbocycles. The molecule has 35 heavy (non-hydrogen) atoms. The molecule has 3 aromatic rings. The number of carbonyl (C=O) groups is 2. The molecule has 186 valence electrons. The number of carbonyl (C=O) groups excluding carboxylic acids is 2. The lowest BCUT2D eigenvalue weighted by Crippen LogP contribution is -2.39. The third-order valence-corrected chi connectivity index (χ3v) is 5.99. The van der Waals surface area contributed by atoms with Crippen LogP contribution in [0.3, 0.4) is 0 Å². The number of alkyl halides is 2. The molecular weight excluding hydrogens is 456 g/mol. The second kappa shape index (κ2) is 9.55. The standard InChI is InChI=1S/C24H29F2N7O2/c1-14(2)22(31-21(34)7-16-9-24(25,26)10-16)17-8-20-30-18(13-32(20)29-11-17)12-27-23(35)19-5-6-28-33(19)15(3)4/h5-6,8,11,13,15-16,22H,1,7,9-10,12H2,2-4H3,(H,27,35)(H,31,34). The fraction of sp³-hybridized carbons (Fsp3) is 0.458. The second-order valence-corrected chi connectivity index (χ2v) is 9.44. The number of aromatic nitrogens is 5. The molecule has 2 amide bonds. The largest absolute Gasteiger partial charge is 0.345 e. The van der Waals surface area contributed by atoms with Gasteiger partial charge in [-0.05, 0) is 38.8 Å². The molecule has 0 saturated heterocycles. The van der Waals surface area contributed by atoms with Gasteiger partial charge >= 0.3 is 0 Å². The van der Waals surface area contributed by atoms with Crippen LogP contribution in [-0.4, -0.2) is 42.1 Å². The van der Waals surface area contributed by atoms with E-state index in [9.17, 15) is 18.4 Å². The van der Waals surface area contributed by atoms with Crippen molar-refractivity contribution in [3.8, 4) is 0 Å². The first-order valence-corrected chi connectivity index (χ1v) is 11.5. The van der Waals surface area contributed by atoms with Crippen LogP contribution in [-0.2, 0) is 11.3 Å². The summed E-state index contributed by atoms with van der Waals surface area (Å²) in [5, 5.41) is 14.3. The topological polar surface area (TPSA) is 106 Å². The van der Waals surface area contributed by atoms with Crippen molar-refractivity contribution in [2.45, 2.75) is 64.6 Å². The van der Waals surface area contributed by atoms with Crippen LogP contribution in [0.25, 0.3) is 5.65 Å². The molecular formula is C24H29F2N7O2. The van der Waals surface area contributed by atoms with Crippen molar-refractivity contribution >= 4 is 17.5 Å². The molecule has 9 nitrogen and oxygen atoms in total. The predicted octanol–water partition coefficient (Wildman–Crippen LogP) is 3.61. The van der Waals surface area contributed by atoms with Crippen molar-refractivity contribution in [2.75, 3.05) is 0 Å². The van der Waals surface area contributed by atoms with E-state index in [-0.39, 0.29) is 49.6 Å². The number of nitrogens with one attached hydrogen (secondary N) is 2. The van der Waals surface area contributed by atoms with E-state index in [0.717, 1.165) is 0 Å². The van der Waals surface area contributed by atoms with Crippen LogP contribution in [0.4, 0.5) is 8.78 Å². The number of imidazole rings is 1. The van der Waals surface area contributed by atoms with Crippen molar-refractivity contribution in [1.29, 1.82) is 0 Å². The molecule has 0 aromatic carbocycles. The van der Waals surface area contributed by atoms with Gasteiger partial charge in [-0.25, -0.2) is 18.3 Å². The van der Waals surface area contributed by atoms with Gasteiger partial charge in [0, 0.05) is 37.1 Å². The molecule has 11 heteroatoms. The normalized spacial score (nSPS) is 16.2. The average Bonchev–Trinajstić information content (AvgIpc) is 3.40. The third-order valence-electron chi connectivity index (χ3n) is 5.99. The molecule has 3 heterocycles. The van der Waals surface area contributed by atoms with Crippen molar-refractivity contribution < 1.29 is 18.4 Å². The van der Waals surface area contributed by atoms with E-state index in [1.807, 2.05) is 13.8 Å². The van der Waals surface area contributed by atoms with E-state index >= 15 is 0 Å². The Bertz CT molecular complexity index is 1260. The molecule has 1 aliphatic carbocycles. The van der Waals surface area contributed by atoms with Gasteiger partial charge in [0.1, 0.15) is 5.69 Å². The Hall–Kier alpha value is -3.63. The lowest BCUT2D eigenvalue weighted by molar-refractivity contribution is -0.134. The molecule has 3 aromatic heterocycles. The maximum Gasteiger partial charge on any atom is 0.269 e. The Morgan fingerprint density at radius 1 is 1.29 bits per heavy atom. The molecule has 1 fully saturated rings. The van der Waals surface area contributed by atoms with Crippen molar-refractivity contribution in [2.24, 2.45) is 5.92 Å². The zero-order valence-electron chi connectivity index (χ0n) is 20.0. The maximum absolute atomic E-state index is 13.1. The number of fused-ring (bicyclic) bond motifs is 1. The molecule has 0 spiro atoms. The lowest BCUT2D eigenvalue weighted by atomic mass is 9.79. The molecule has 0 bridgehead atoms. The number of nitrogens with zero attached hydrogens (tertiary/aromatic N) is 5. The van der Waals surface area contributed by atoms with Crippen LogP contribution >= 0.6 is 0 Å². The summed E-state index contributed by atoms with van der Waals surface area (Å²) in [7, 11) is 0. The third kappa shape index (κ3) is 5.55. The van der Waals surface area contributed by atoms with Crippen LogP contribution in [0.15, 0.2) is 42.9 Å². The van der Waals surface area contributed by atoms with Gasteiger partial charge in [0.2, 0.25) is 11.8 Å². The zero-order valence-corrected chi connectivity index (χ0v) is 20.0. The first-order valence-electron chi connectivity index (χ1n) is 11.5. The van der Waals surface area contributed by atoms with E-state index in [4.69, 9.17) is 0 Å². The molecule has 2 N–H and O–H groups in total. The average molecular weight is 486 g/mol. The predicted molar refractivity (Wildman–Crippen MR) is 125 cm³/mol. The van der Waals surface area contributed by atoms with Gasteiger partial charge in [-0.15, -0.1) is 0 Å². The van der Waals surface area contributed by atoms with Crippen LogP contribution in [0.2, 0.25) is 0 Å². The summed E-state index contributed by atoms with van der Waals surface area (Å²) in [6.07, 6.45) is 4.46. The summed E-state index contributed by atoms with van der Waals surface area (Å²) in [6.45, 7) is 9.83. The first kappa shape index (κ1) is 24.5. The minimum atomic E-state index is -2.65. The lowest BCUT2D eigenvalue weighted by Gasteiger charge is -2.34. The van der Waals surface area contributed by atoms with Gasteiger partial charge in [-0.2, -0.15) is 10.2 Å². The van der Waals surface area contributed by atoms with Gasteiger partial charge in [-0.1, -0.05) is 12.2 Å². The Morgan fingerprint density at radius 3 is 2.69 bits per heavy atom. The fourth-order valence-electron chi connectivity index (χ4n) is 4.25. The first-order chi connectivity index (χ1) is 16.5. The molecule has 0 radical (unpaired) electrons. The quantitative estimate of drug-likeness (QED) is 0.451. The van der Waals surface area contributed by atoms with Crippen LogP contribution in [0.1, 0.15) is 73.9 Å². The van der Waals surface area contributed by atoms with E-state index < -0.39 is 12.0 Å². The molecule has 1 unspecified atom stereocenters. The molecule has 0 aliphatic heterocycles. The highest BCUT2D eigenvalue weighted by molar-refractivity contribution is 5.92. The van der Waals surface area contributed by atoms with Crippen LogP contribution in [0, 0.1) is 5.92 Å². The Kier molecular flexibility index (Phi) is 6.68. The van der Waals surface area contributed by atoms with Gasteiger partial charge in [0.25, 0.3) is 5.91 Å². The minimum Gasteiger partial charge on any atom is -0.345 e. The van der Waals surface area contributed by atoms with Gasteiger partial charge in [0.05, 0.1) is 30.7 Å². The number of hydrogen-bond donors (Lipinski definition) is 2. The highest BCUT2D eigenvalue weighted by Crippen LogP contribution is 2.44. The van der Waals surface area contributed by atoms with E-state index in [0.29, 0.717) is 28.2 Å². The fourth-order valence-corrected chi connectivity index (χ4v) is 4.25. The molecule has 1 aliphatic rings.